The Balaban J connectivity index is 0.980. The van der Waals surface area contributed by atoms with Crippen molar-refractivity contribution in [1.82, 2.24) is 13.3 Å². The van der Waals surface area contributed by atoms with Gasteiger partial charge in [-0.2, -0.15) is 8.75 Å². The van der Waals surface area contributed by atoms with E-state index in [0.29, 0.717) is 0 Å². The van der Waals surface area contributed by atoms with Gasteiger partial charge in [-0.25, -0.2) is 0 Å². The van der Waals surface area contributed by atoms with Gasteiger partial charge in [-0.3, -0.25) is 0 Å². The zero-order valence-electron chi connectivity index (χ0n) is 40.7. The normalized spacial score (nSPS) is 12.1. The van der Waals surface area contributed by atoms with Crippen molar-refractivity contribution >= 4 is 61.6 Å². The van der Waals surface area contributed by atoms with Crippen LogP contribution in [0.1, 0.15) is 63.8 Å². The SMILES string of the molecule is Cc1ccc(-c2ccc3c(c2)c2cc(-c4ccc(C)cc4)ccc2n3-c2ccc(-c3ccc(N(c4ccc(-c5ccc(C(C)(C)C)cc5)cc4)c4ccc(C(C)(C)C)cc4)c4nsnc34)cc2)cc1. The van der Waals surface area contributed by atoms with Crippen molar-refractivity contribution in [2.24, 2.45) is 0 Å². The lowest BCUT2D eigenvalue weighted by atomic mass is 9.86. The van der Waals surface area contributed by atoms with Gasteiger partial charge in [0.2, 0.25) is 0 Å². The molecular formula is C64H56N4S. The highest BCUT2D eigenvalue weighted by Gasteiger charge is 2.23. The van der Waals surface area contributed by atoms with Gasteiger partial charge < -0.3 is 9.47 Å². The van der Waals surface area contributed by atoms with Crippen molar-refractivity contribution in [3.63, 3.8) is 0 Å². The fourth-order valence-electron chi connectivity index (χ4n) is 9.71. The number of fused-ring (bicyclic) bond motifs is 4. The fourth-order valence-corrected chi connectivity index (χ4v) is 10.3. The Kier molecular flexibility index (Phi) is 10.9. The summed E-state index contributed by atoms with van der Waals surface area (Å²) in [6.07, 6.45) is 0. The number of hydrogen-bond acceptors (Lipinski definition) is 4. The Morgan fingerprint density at radius 2 is 0.783 bits per heavy atom. The molecule has 338 valence electrons. The van der Waals surface area contributed by atoms with Gasteiger partial charge in [0.05, 0.1) is 28.4 Å². The van der Waals surface area contributed by atoms with Gasteiger partial charge in [0.25, 0.3) is 0 Å². The van der Waals surface area contributed by atoms with E-state index in [1.165, 1.54) is 89.2 Å². The third-order valence-electron chi connectivity index (χ3n) is 13.8. The number of hydrogen-bond donors (Lipinski definition) is 0. The van der Waals surface area contributed by atoms with Gasteiger partial charge >= 0.3 is 0 Å². The number of anilines is 3. The van der Waals surface area contributed by atoms with Crippen LogP contribution in [0, 0.1) is 13.8 Å². The van der Waals surface area contributed by atoms with Crippen molar-refractivity contribution in [2.45, 2.75) is 66.2 Å². The van der Waals surface area contributed by atoms with E-state index in [0.717, 1.165) is 44.9 Å². The molecule has 0 aliphatic carbocycles. The topological polar surface area (TPSA) is 34.0 Å². The van der Waals surface area contributed by atoms with Crippen LogP contribution in [0.4, 0.5) is 17.1 Å². The second-order valence-electron chi connectivity index (χ2n) is 20.7. The quantitative estimate of drug-likeness (QED) is 0.152. The lowest BCUT2D eigenvalue weighted by molar-refractivity contribution is 0.590. The molecule has 4 nitrogen and oxygen atoms in total. The van der Waals surface area contributed by atoms with Crippen molar-refractivity contribution in [1.29, 1.82) is 0 Å². The van der Waals surface area contributed by atoms with Gasteiger partial charge in [0.15, 0.2) is 0 Å². The maximum atomic E-state index is 5.00. The lowest BCUT2D eigenvalue weighted by Gasteiger charge is -2.27. The number of nitrogens with zero attached hydrogens (tertiary/aromatic N) is 4. The summed E-state index contributed by atoms with van der Waals surface area (Å²) in [7, 11) is 0. The van der Waals surface area contributed by atoms with Crippen LogP contribution < -0.4 is 4.90 Å². The standard InChI is InChI=1S/C64H56N4S/c1-41-9-13-45(14-10-41)48-23-36-58-56(39-48)57-40-49(46-15-11-42(2)12-16-46)24-37-59(57)68(58)54-31-21-47(22-32-54)55-35-38-60(62-61(55)65-69-66-62)67(53-33-27-51(28-34-53)64(6,7)8)52-29-19-44(20-30-52)43-17-25-50(26-18-43)63(3,4)5/h9-40H,1-8H3. The molecule has 0 aliphatic heterocycles. The second-order valence-corrected chi connectivity index (χ2v) is 21.2. The number of benzene rings is 9. The van der Waals surface area contributed by atoms with E-state index in [9.17, 15) is 0 Å². The molecule has 5 heteroatoms. The monoisotopic (exact) mass is 912 g/mol. The van der Waals surface area contributed by atoms with Crippen molar-refractivity contribution < 1.29 is 0 Å². The van der Waals surface area contributed by atoms with Crippen molar-refractivity contribution in [3.8, 4) is 50.2 Å². The maximum absolute atomic E-state index is 5.00. The Labute approximate surface area is 410 Å². The van der Waals surface area contributed by atoms with Crippen molar-refractivity contribution in [2.75, 3.05) is 4.90 Å². The zero-order valence-corrected chi connectivity index (χ0v) is 41.5. The van der Waals surface area contributed by atoms with Crippen LogP contribution in [0.2, 0.25) is 0 Å². The lowest BCUT2D eigenvalue weighted by Crippen LogP contribution is -2.13. The number of rotatable bonds is 8. The Morgan fingerprint density at radius 1 is 0.391 bits per heavy atom. The average molecular weight is 913 g/mol. The molecule has 0 spiro atoms. The molecule has 0 atom stereocenters. The first-order valence-electron chi connectivity index (χ1n) is 24.0. The first-order valence-corrected chi connectivity index (χ1v) is 24.7. The zero-order chi connectivity index (χ0) is 47.6. The Morgan fingerprint density at radius 3 is 1.28 bits per heavy atom. The predicted molar refractivity (Wildman–Crippen MR) is 295 cm³/mol. The van der Waals surface area contributed by atoms with Crippen LogP contribution in [-0.2, 0) is 10.8 Å². The molecule has 0 saturated carbocycles. The van der Waals surface area contributed by atoms with Gasteiger partial charge in [-0.1, -0.05) is 174 Å². The molecule has 0 aliphatic rings. The van der Waals surface area contributed by atoms with E-state index in [1.54, 1.807) is 0 Å². The minimum absolute atomic E-state index is 0.0365. The molecule has 0 amide bonds. The molecule has 0 saturated heterocycles. The Hall–Kier alpha value is -7.60. The third kappa shape index (κ3) is 8.31. The minimum atomic E-state index is 0.0365. The largest absolute Gasteiger partial charge is 0.309 e. The number of aryl methyl sites for hydroxylation is 2. The summed E-state index contributed by atoms with van der Waals surface area (Å²) in [5.74, 6) is 0. The van der Waals surface area contributed by atoms with E-state index < -0.39 is 0 Å². The summed E-state index contributed by atoms with van der Waals surface area (Å²) in [5.41, 5.74) is 23.0. The number of aromatic nitrogens is 3. The first kappa shape index (κ1) is 43.9. The molecule has 69 heavy (non-hydrogen) atoms. The smallest absolute Gasteiger partial charge is 0.129 e. The second kappa shape index (κ2) is 17.2. The molecule has 11 aromatic rings. The van der Waals surface area contributed by atoms with Crippen LogP contribution in [-0.4, -0.2) is 13.3 Å². The highest BCUT2D eigenvalue weighted by atomic mass is 32.1. The van der Waals surface area contributed by atoms with Crippen LogP contribution in [0.3, 0.4) is 0 Å². The summed E-state index contributed by atoms with van der Waals surface area (Å²) in [6, 6.07) is 71.7. The molecule has 11 rings (SSSR count). The molecule has 2 heterocycles. The van der Waals surface area contributed by atoms with Crippen LogP contribution in [0.25, 0.3) is 83.0 Å². The molecule has 0 fully saturated rings. The van der Waals surface area contributed by atoms with E-state index in [-0.39, 0.29) is 10.8 Å². The molecule has 0 radical (unpaired) electrons. The molecule has 2 aromatic heterocycles. The molecule has 9 aromatic carbocycles. The van der Waals surface area contributed by atoms with Crippen molar-refractivity contribution in [3.05, 3.63) is 216 Å². The van der Waals surface area contributed by atoms with Crippen LogP contribution in [0.15, 0.2) is 194 Å². The molecule has 0 unspecified atom stereocenters. The highest BCUT2D eigenvalue weighted by molar-refractivity contribution is 7.00. The average Bonchev–Trinajstić information content (AvgIpc) is 3.98. The van der Waals surface area contributed by atoms with E-state index in [4.69, 9.17) is 8.75 Å². The molecule has 0 N–H and O–H groups in total. The van der Waals surface area contributed by atoms with E-state index >= 15 is 0 Å². The van der Waals surface area contributed by atoms with Gasteiger partial charge in [0, 0.05) is 33.4 Å². The first-order chi connectivity index (χ1) is 33.3. The summed E-state index contributed by atoms with van der Waals surface area (Å²) in [6.45, 7) is 17.8. The van der Waals surface area contributed by atoms with Crippen LogP contribution >= 0.6 is 11.7 Å². The molecular weight excluding hydrogens is 857 g/mol. The summed E-state index contributed by atoms with van der Waals surface area (Å²) < 4.78 is 12.4. The van der Waals surface area contributed by atoms with Gasteiger partial charge in [-0.05, 0) is 148 Å². The third-order valence-corrected chi connectivity index (χ3v) is 14.3. The van der Waals surface area contributed by atoms with Crippen LogP contribution in [0.5, 0.6) is 0 Å². The van der Waals surface area contributed by atoms with Gasteiger partial charge in [-0.15, -0.1) is 0 Å². The van der Waals surface area contributed by atoms with Gasteiger partial charge in [0.1, 0.15) is 11.0 Å². The summed E-state index contributed by atoms with van der Waals surface area (Å²) >= 11 is 1.27. The van der Waals surface area contributed by atoms with E-state index in [2.05, 4.69) is 259 Å². The Bertz CT molecular complexity index is 3540. The highest BCUT2D eigenvalue weighted by Crippen LogP contribution is 2.43. The minimum Gasteiger partial charge on any atom is -0.309 e. The predicted octanol–water partition coefficient (Wildman–Crippen LogP) is 18.1. The maximum Gasteiger partial charge on any atom is 0.129 e. The molecule has 0 bridgehead atoms. The summed E-state index contributed by atoms with van der Waals surface area (Å²) in [4.78, 5) is 2.33. The summed E-state index contributed by atoms with van der Waals surface area (Å²) in [5, 5.41) is 2.46. The van der Waals surface area contributed by atoms with E-state index in [1.807, 2.05) is 0 Å². The fraction of sp³-hybridized carbons (Fsp3) is 0.156.